The van der Waals surface area contributed by atoms with Gasteiger partial charge in [0.25, 0.3) is 0 Å². The highest BCUT2D eigenvalue weighted by Crippen LogP contribution is 2.05. The SMILES string of the molecule is Cc1[nH]ncc1CNC(C)(C)C. The lowest BCUT2D eigenvalue weighted by atomic mass is 10.1. The Morgan fingerprint density at radius 3 is 2.58 bits per heavy atom. The van der Waals surface area contributed by atoms with Crippen molar-refractivity contribution >= 4 is 0 Å². The number of rotatable bonds is 2. The highest BCUT2D eigenvalue weighted by Gasteiger charge is 2.09. The minimum Gasteiger partial charge on any atom is -0.308 e. The lowest BCUT2D eigenvalue weighted by Gasteiger charge is -2.20. The normalized spacial score (nSPS) is 12.0. The van der Waals surface area contributed by atoms with Gasteiger partial charge in [-0.2, -0.15) is 5.10 Å². The molecule has 3 heteroatoms. The van der Waals surface area contributed by atoms with Crippen LogP contribution in [0.5, 0.6) is 0 Å². The van der Waals surface area contributed by atoms with Crippen molar-refractivity contribution in [2.75, 3.05) is 0 Å². The first kappa shape index (κ1) is 9.26. The molecule has 68 valence electrons. The Kier molecular flexibility index (Phi) is 2.52. The van der Waals surface area contributed by atoms with Crippen LogP contribution in [0.25, 0.3) is 0 Å². The van der Waals surface area contributed by atoms with Gasteiger partial charge in [0, 0.05) is 23.3 Å². The second-order valence-corrected chi connectivity index (χ2v) is 4.12. The van der Waals surface area contributed by atoms with Crippen molar-refractivity contribution in [2.24, 2.45) is 0 Å². The summed E-state index contributed by atoms with van der Waals surface area (Å²) in [6.07, 6.45) is 1.87. The fourth-order valence-corrected chi connectivity index (χ4v) is 0.914. The third-order valence-electron chi connectivity index (χ3n) is 1.74. The van der Waals surface area contributed by atoms with Crippen LogP contribution in [0.3, 0.4) is 0 Å². The molecule has 0 unspecified atom stereocenters. The van der Waals surface area contributed by atoms with Gasteiger partial charge < -0.3 is 5.32 Å². The molecular weight excluding hydrogens is 150 g/mol. The van der Waals surface area contributed by atoms with Crippen LogP contribution in [0.15, 0.2) is 6.20 Å². The average Bonchev–Trinajstić information content (AvgIpc) is 2.29. The molecule has 0 radical (unpaired) electrons. The van der Waals surface area contributed by atoms with E-state index in [1.54, 1.807) is 0 Å². The molecule has 0 aromatic carbocycles. The van der Waals surface area contributed by atoms with Crippen molar-refractivity contribution in [2.45, 2.75) is 39.8 Å². The average molecular weight is 167 g/mol. The first-order valence-electron chi connectivity index (χ1n) is 4.23. The molecule has 0 atom stereocenters. The zero-order chi connectivity index (χ0) is 9.19. The molecule has 1 aromatic heterocycles. The van der Waals surface area contributed by atoms with Gasteiger partial charge in [-0.05, 0) is 27.7 Å². The van der Waals surface area contributed by atoms with Gasteiger partial charge in [-0.1, -0.05) is 0 Å². The zero-order valence-electron chi connectivity index (χ0n) is 8.23. The molecule has 0 amide bonds. The molecule has 1 heterocycles. The zero-order valence-corrected chi connectivity index (χ0v) is 8.23. The summed E-state index contributed by atoms with van der Waals surface area (Å²) < 4.78 is 0. The van der Waals surface area contributed by atoms with Gasteiger partial charge in [0.2, 0.25) is 0 Å². The fraction of sp³-hybridized carbons (Fsp3) is 0.667. The van der Waals surface area contributed by atoms with Gasteiger partial charge in [0.15, 0.2) is 0 Å². The van der Waals surface area contributed by atoms with Gasteiger partial charge in [-0.15, -0.1) is 0 Å². The Labute approximate surface area is 73.6 Å². The van der Waals surface area contributed by atoms with Crippen LogP contribution >= 0.6 is 0 Å². The number of nitrogens with zero attached hydrogens (tertiary/aromatic N) is 1. The summed E-state index contributed by atoms with van der Waals surface area (Å²) in [4.78, 5) is 0. The lowest BCUT2D eigenvalue weighted by Crippen LogP contribution is -2.35. The molecule has 0 bridgehead atoms. The summed E-state index contributed by atoms with van der Waals surface area (Å²) in [5, 5.41) is 10.3. The van der Waals surface area contributed by atoms with E-state index in [2.05, 4.69) is 36.3 Å². The predicted octanol–water partition coefficient (Wildman–Crippen LogP) is 1.61. The number of hydrogen-bond donors (Lipinski definition) is 2. The quantitative estimate of drug-likeness (QED) is 0.702. The minimum atomic E-state index is 0.170. The Hall–Kier alpha value is -0.830. The fourth-order valence-electron chi connectivity index (χ4n) is 0.914. The number of aryl methyl sites for hydroxylation is 1. The van der Waals surface area contributed by atoms with Crippen LogP contribution in [0, 0.1) is 6.92 Å². The molecule has 0 fully saturated rings. The third-order valence-corrected chi connectivity index (χ3v) is 1.74. The van der Waals surface area contributed by atoms with E-state index in [9.17, 15) is 0 Å². The lowest BCUT2D eigenvalue weighted by molar-refractivity contribution is 0.424. The highest BCUT2D eigenvalue weighted by molar-refractivity contribution is 5.14. The van der Waals surface area contributed by atoms with E-state index >= 15 is 0 Å². The maximum atomic E-state index is 3.96. The van der Waals surface area contributed by atoms with E-state index in [0.717, 1.165) is 12.2 Å². The van der Waals surface area contributed by atoms with Gasteiger partial charge in [0.1, 0.15) is 0 Å². The first-order chi connectivity index (χ1) is 5.49. The Balaban J connectivity index is 2.49. The second kappa shape index (κ2) is 3.27. The van der Waals surface area contributed by atoms with Gasteiger partial charge >= 0.3 is 0 Å². The van der Waals surface area contributed by atoms with Crippen molar-refractivity contribution in [3.05, 3.63) is 17.5 Å². The number of H-pyrrole nitrogens is 1. The summed E-state index contributed by atoms with van der Waals surface area (Å²) in [6, 6.07) is 0. The molecule has 0 saturated carbocycles. The van der Waals surface area contributed by atoms with E-state index in [0.29, 0.717) is 0 Å². The van der Waals surface area contributed by atoms with Crippen LogP contribution in [0.4, 0.5) is 0 Å². The number of aromatic amines is 1. The van der Waals surface area contributed by atoms with E-state index in [4.69, 9.17) is 0 Å². The van der Waals surface area contributed by atoms with Crippen LogP contribution in [0.1, 0.15) is 32.0 Å². The molecule has 0 saturated heterocycles. The topological polar surface area (TPSA) is 40.7 Å². The van der Waals surface area contributed by atoms with Crippen LogP contribution in [-0.4, -0.2) is 15.7 Å². The summed E-state index contributed by atoms with van der Waals surface area (Å²) in [6.45, 7) is 9.38. The second-order valence-electron chi connectivity index (χ2n) is 4.12. The van der Waals surface area contributed by atoms with Crippen molar-refractivity contribution in [1.29, 1.82) is 0 Å². The molecule has 12 heavy (non-hydrogen) atoms. The molecule has 2 N–H and O–H groups in total. The number of hydrogen-bond acceptors (Lipinski definition) is 2. The number of aromatic nitrogens is 2. The Morgan fingerprint density at radius 2 is 2.17 bits per heavy atom. The van der Waals surface area contributed by atoms with E-state index in [-0.39, 0.29) is 5.54 Å². The van der Waals surface area contributed by atoms with E-state index in [1.807, 2.05) is 13.1 Å². The Bertz CT molecular complexity index is 245. The summed E-state index contributed by atoms with van der Waals surface area (Å²) in [7, 11) is 0. The van der Waals surface area contributed by atoms with Gasteiger partial charge in [-0.25, -0.2) is 0 Å². The maximum absolute atomic E-state index is 3.96. The maximum Gasteiger partial charge on any atom is 0.0535 e. The van der Waals surface area contributed by atoms with Crippen LogP contribution in [-0.2, 0) is 6.54 Å². The van der Waals surface area contributed by atoms with Crippen molar-refractivity contribution in [1.82, 2.24) is 15.5 Å². The predicted molar refractivity (Wildman–Crippen MR) is 49.9 cm³/mol. The molecule has 1 aromatic rings. The van der Waals surface area contributed by atoms with E-state index < -0.39 is 0 Å². The largest absolute Gasteiger partial charge is 0.308 e. The standard InChI is InChI=1S/C9H17N3/c1-7-8(6-11-12-7)5-10-9(2,3)4/h6,10H,5H2,1-4H3,(H,11,12). The van der Waals surface area contributed by atoms with Crippen LogP contribution < -0.4 is 5.32 Å². The van der Waals surface area contributed by atoms with E-state index in [1.165, 1.54) is 5.56 Å². The smallest absolute Gasteiger partial charge is 0.0535 e. The molecule has 0 aliphatic heterocycles. The van der Waals surface area contributed by atoms with Gasteiger partial charge in [0.05, 0.1) is 6.20 Å². The van der Waals surface area contributed by atoms with Crippen molar-refractivity contribution in [3.8, 4) is 0 Å². The Morgan fingerprint density at radius 1 is 1.50 bits per heavy atom. The monoisotopic (exact) mass is 167 g/mol. The molecular formula is C9H17N3. The molecule has 3 nitrogen and oxygen atoms in total. The van der Waals surface area contributed by atoms with Gasteiger partial charge in [-0.3, -0.25) is 5.10 Å². The summed E-state index contributed by atoms with van der Waals surface area (Å²) in [5.74, 6) is 0. The minimum absolute atomic E-state index is 0.170. The summed E-state index contributed by atoms with van der Waals surface area (Å²) in [5.41, 5.74) is 2.56. The van der Waals surface area contributed by atoms with Crippen LogP contribution in [0.2, 0.25) is 0 Å². The first-order valence-corrected chi connectivity index (χ1v) is 4.23. The van der Waals surface area contributed by atoms with Crippen molar-refractivity contribution in [3.63, 3.8) is 0 Å². The highest BCUT2D eigenvalue weighted by atomic mass is 15.1. The molecule has 1 rings (SSSR count). The molecule has 0 aliphatic rings. The summed E-state index contributed by atoms with van der Waals surface area (Å²) >= 11 is 0. The number of nitrogens with one attached hydrogen (secondary N) is 2. The van der Waals surface area contributed by atoms with Crippen molar-refractivity contribution < 1.29 is 0 Å². The molecule has 0 spiro atoms. The molecule has 0 aliphatic carbocycles. The third kappa shape index (κ3) is 2.66.